The van der Waals surface area contributed by atoms with E-state index in [0.717, 1.165) is 6.42 Å². The van der Waals surface area contributed by atoms with Crippen molar-refractivity contribution in [1.29, 1.82) is 0 Å². The fourth-order valence-corrected chi connectivity index (χ4v) is 2.08. The normalized spacial score (nSPS) is 29.1. The summed E-state index contributed by atoms with van der Waals surface area (Å²) in [4.78, 5) is 0. The number of nitrogens with zero attached hydrogens (tertiary/aromatic N) is 2. The van der Waals surface area contributed by atoms with Gasteiger partial charge in [0.2, 0.25) is 0 Å². The maximum Gasteiger partial charge on any atom is 0.0670 e. The molecule has 3 nitrogen and oxygen atoms in total. The third-order valence-electron chi connectivity index (χ3n) is 2.85. The molecular formula is C10H17N3. The van der Waals surface area contributed by atoms with Crippen molar-refractivity contribution in [2.24, 2.45) is 5.73 Å². The van der Waals surface area contributed by atoms with E-state index in [1.165, 1.54) is 24.8 Å². The first-order valence-corrected chi connectivity index (χ1v) is 5.04. The third-order valence-corrected chi connectivity index (χ3v) is 2.85. The summed E-state index contributed by atoms with van der Waals surface area (Å²) in [7, 11) is 0. The van der Waals surface area contributed by atoms with E-state index in [1.54, 1.807) is 0 Å². The Hall–Kier alpha value is -0.830. The zero-order valence-electron chi connectivity index (χ0n) is 8.11. The van der Waals surface area contributed by atoms with Crippen molar-refractivity contribution in [1.82, 2.24) is 9.78 Å². The van der Waals surface area contributed by atoms with Gasteiger partial charge in [0.1, 0.15) is 0 Å². The maximum atomic E-state index is 6.06. The monoisotopic (exact) mass is 179 g/mol. The molecule has 0 radical (unpaired) electrons. The van der Waals surface area contributed by atoms with Gasteiger partial charge in [0, 0.05) is 12.2 Å². The number of rotatable bonds is 1. The van der Waals surface area contributed by atoms with Crippen LogP contribution in [0.15, 0.2) is 12.4 Å². The highest BCUT2D eigenvalue weighted by Gasteiger charge is 2.23. The lowest BCUT2D eigenvalue weighted by Gasteiger charge is -2.28. The Balaban J connectivity index is 2.14. The van der Waals surface area contributed by atoms with E-state index < -0.39 is 0 Å². The molecule has 1 aliphatic rings. The van der Waals surface area contributed by atoms with Crippen LogP contribution in [-0.4, -0.2) is 15.8 Å². The van der Waals surface area contributed by atoms with Gasteiger partial charge in [-0.25, -0.2) is 0 Å². The molecule has 2 N–H and O–H groups in total. The molecule has 0 amide bonds. The molecule has 0 spiro atoms. The first kappa shape index (κ1) is 8.75. The molecule has 0 aromatic carbocycles. The Labute approximate surface area is 78.9 Å². The second-order valence-electron chi connectivity index (χ2n) is 4.01. The van der Waals surface area contributed by atoms with Gasteiger partial charge in [-0.05, 0) is 25.3 Å². The lowest BCUT2D eigenvalue weighted by atomic mass is 9.91. The SMILES string of the molecule is Cc1cnn(C2CCCCC2N)c1. The molecule has 1 saturated carbocycles. The van der Waals surface area contributed by atoms with E-state index in [0.29, 0.717) is 12.1 Å². The fraction of sp³-hybridized carbons (Fsp3) is 0.700. The van der Waals surface area contributed by atoms with Gasteiger partial charge in [0.15, 0.2) is 0 Å². The zero-order valence-corrected chi connectivity index (χ0v) is 8.11. The minimum Gasteiger partial charge on any atom is -0.326 e. The van der Waals surface area contributed by atoms with Gasteiger partial charge in [-0.15, -0.1) is 0 Å². The number of hydrogen-bond acceptors (Lipinski definition) is 2. The van der Waals surface area contributed by atoms with Gasteiger partial charge in [-0.1, -0.05) is 12.8 Å². The summed E-state index contributed by atoms with van der Waals surface area (Å²) in [6, 6.07) is 0.732. The summed E-state index contributed by atoms with van der Waals surface area (Å²) in [6.07, 6.45) is 8.89. The second-order valence-corrected chi connectivity index (χ2v) is 4.01. The van der Waals surface area contributed by atoms with Crippen molar-refractivity contribution in [3.05, 3.63) is 18.0 Å². The average molecular weight is 179 g/mol. The van der Waals surface area contributed by atoms with Crippen LogP contribution in [0.1, 0.15) is 37.3 Å². The molecule has 1 heterocycles. The van der Waals surface area contributed by atoms with Crippen LogP contribution < -0.4 is 5.73 Å². The van der Waals surface area contributed by atoms with Crippen molar-refractivity contribution in [3.8, 4) is 0 Å². The molecular weight excluding hydrogens is 162 g/mol. The molecule has 2 unspecified atom stereocenters. The predicted molar refractivity (Wildman–Crippen MR) is 52.4 cm³/mol. The van der Waals surface area contributed by atoms with Gasteiger partial charge in [-0.3, -0.25) is 4.68 Å². The largest absolute Gasteiger partial charge is 0.326 e. The second kappa shape index (κ2) is 3.50. The summed E-state index contributed by atoms with van der Waals surface area (Å²) in [6.45, 7) is 2.07. The first-order chi connectivity index (χ1) is 6.27. The standard InChI is InChI=1S/C10H17N3/c1-8-6-12-13(7-8)10-5-3-2-4-9(10)11/h6-7,9-10H,2-5,11H2,1H3. The highest BCUT2D eigenvalue weighted by molar-refractivity contribution is 5.01. The molecule has 1 aromatic heterocycles. The lowest BCUT2D eigenvalue weighted by Crippen LogP contribution is -2.35. The number of aromatic nitrogens is 2. The number of aryl methyl sites for hydroxylation is 1. The molecule has 1 aliphatic carbocycles. The van der Waals surface area contributed by atoms with Crippen LogP contribution in [0, 0.1) is 6.92 Å². The topological polar surface area (TPSA) is 43.8 Å². The van der Waals surface area contributed by atoms with Crippen molar-refractivity contribution >= 4 is 0 Å². The highest BCUT2D eigenvalue weighted by Crippen LogP contribution is 2.26. The third kappa shape index (κ3) is 1.75. The lowest BCUT2D eigenvalue weighted by molar-refractivity contribution is 0.286. The maximum absolute atomic E-state index is 6.06. The molecule has 0 bridgehead atoms. The molecule has 2 atom stereocenters. The van der Waals surface area contributed by atoms with Gasteiger partial charge in [0.25, 0.3) is 0 Å². The van der Waals surface area contributed by atoms with Gasteiger partial charge in [-0.2, -0.15) is 5.10 Å². The van der Waals surface area contributed by atoms with Gasteiger partial charge in [0.05, 0.1) is 12.2 Å². The van der Waals surface area contributed by atoms with E-state index in [2.05, 4.69) is 18.2 Å². The summed E-state index contributed by atoms with van der Waals surface area (Å²) < 4.78 is 2.04. The quantitative estimate of drug-likeness (QED) is 0.712. The Kier molecular flexibility index (Phi) is 2.36. The van der Waals surface area contributed by atoms with Gasteiger partial charge >= 0.3 is 0 Å². The summed E-state index contributed by atoms with van der Waals surface area (Å²) in [5.41, 5.74) is 7.28. The minimum absolute atomic E-state index is 0.299. The molecule has 0 aliphatic heterocycles. The van der Waals surface area contributed by atoms with Crippen molar-refractivity contribution < 1.29 is 0 Å². The Morgan fingerprint density at radius 1 is 1.46 bits per heavy atom. The van der Waals surface area contributed by atoms with E-state index in [1.807, 2.05) is 10.9 Å². The Bertz CT molecular complexity index is 279. The van der Waals surface area contributed by atoms with Crippen molar-refractivity contribution in [2.45, 2.75) is 44.7 Å². The van der Waals surface area contributed by atoms with Crippen LogP contribution in [0.4, 0.5) is 0 Å². The van der Waals surface area contributed by atoms with Crippen LogP contribution in [-0.2, 0) is 0 Å². The molecule has 1 fully saturated rings. The van der Waals surface area contributed by atoms with E-state index in [9.17, 15) is 0 Å². The van der Waals surface area contributed by atoms with E-state index >= 15 is 0 Å². The number of nitrogens with two attached hydrogens (primary N) is 1. The molecule has 0 saturated heterocycles. The molecule has 72 valence electrons. The Morgan fingerprint density at radius 3 is 2.85 bits per heavy atom. The van der Waals surface area contributed by atoms with Crippen LogP contribution in [0.5, 0.6) is 0 Å². The van der Waals surface area contributed by atoms with E-state index in [4.69, 9.17) is 5.73 Å². The highest BCUT2D eigenvalue weighted by atomic mass is 15.3. The van der Waals surface area contributed by atoms with Crippen LogP contribution in [0.25, 0.3) is 0 Å². The summed E-state index contributed by atoms with van der Waals surface area (Å²) >= 11 is 0. The Morgan fingerprint density at radius 2 is 2.23 bits per heavy atom. The van der Waals surface area contributed by atoms with Crippen LogP contribution in [0.3, 0.4) is 0 Å². The first-order valence-electron chi connectivity index (χ1n) is 5.04. The predicted octanol–water partition coefficient (Wildman–Crippen LogP) is 1.63. The molecule has 13 heavy (non-hydrogen) atoms. The fourth-order valence-electron chi connectivity index (χ4n) is 2.08. The van der Waals surface area contributed by atoms with E-state index in [-0.39, 0.29) is 0 Å². The average Bonchev–Trinajstić information content (AvgIpc) is 2.53. The van der Waals surface area contributed by atoms with Crippen LogP contribution >= 0.6 is 0 Å². The van der Waals surface area contributed by atoms with Gasteiger partial charge < -0.3 is 5.73 Å². The molecule has 3 heteroatoms. The zero-order chi connectivity index (χ0) is 9.26. The summed E-state index contributed by atoms with van der Waals surface area (Å²) in [5.74, 6) is 0. The van der Waals surface area contributed by atoms with Crippen molar-refractivity contribution in [2.75, 3.05) is 0 Å². The molecule has 2 rings (SSSR count). The smallest absolute Gasteiger partial charge is 0.0670 e. The minimum atomic E-state index is 0.299. The number of hydrogen-bond donors (Lipinski definition) is 1. The summed E-state index contributed by atoms with van der Waals surface area (Å²) in [5, 5.41) is 4.33. The van der Waals surface area contributed by atoms with Crippen molar-refractivity contribution in [3.63, 3.8) is 0 Å². The molecule has 1 aromatic rings. The van der Waals surface area contributed by atoms with Crippen LogP contribution in [0.2, 0.25) is 0 Å².